The maximum atomic E-state index is 12.4. The first kappa shape index (κ1) is 22.5. The molecule has 0 heterocycles. The van der Waals surface area contributed by atoms with Gasteiger partial charge in [-0.25, -0.2) is 17.5 Å². The Labute approximate surface area is 174 Å². The number of ether oxygens (including phenoxy) is 1. The van der Waals surface area contributed by atoms with Gasteiger partial charge in [-0.3, -0.25) is 5.43 Å². The highest BCUT2D eigenvalue weighted by molar-refractivity contribution is 7.89. The molecule has 0 saturated heterocycles. The Hall–Kier alpha value is -2.82. The third kappa shape index (κ3) is 4.97. The van der Waals surface area contributed by atoms with E-state index in [2.05, 4.69) is 10.5 Å². The molecule has 0 fully saturated rings. The molecule has 11 heteroatoms. The summed E-state index contributed by atoms with van der Waals surface area (Å²) in [5.41, 5.74) is 3.24. The molecule has 2 rings (SSSR count). The Morgan fingerprint density at radius 2 is 1.93 bits per heavy atom. The van der Waals surface area contributed by atoms with E-state index in [1.165, 1.54) is 44.7 Å². The molecule has 2 aromatic rings. The summed E-state index contributed by atoms with van der Waals surface area (Å²) >= 11 is 6.04. The van der Waals surface area contributed by atoms with Gasteiger partial charge in [0.25, 0.3) is 0 Å². The zero-order valence-corrected chi connectivity index (χ0v) is 17.8. The summed E-state index contributed by atoms with van der Waals surface area (Å²) in [5, 5.41) is 15.4. The number of hydrogen-bond acceptors (Lipinski definition) is 7. The average molecular weight is 441 g/mol. The fourth-order valence-electron chi connectivity index (χ4n) is 2.39. The highest BCUT2D eigenvalue weighted by Crippen LogP contribution is 2.31. The molecule has 0 radical (unpaired) electrons. The normalized spacial score (nSPS) is 11.7. The van der Waals surface area contributed by atoms with Gasteiger partial charge in [0, 0.05) is 25.3 Å². The lowest BCUT2D eigenvalue weighted by molar-refractivity contribution is 0.0697. The van der Waals surface area contributed by atoms with Crippen LogP contribution in [0.2, 0.25) is 5.02 Å². The van der Waals surface area contributed by atoms with Crippen LogP contribution in [0, 0.1) is 0 Å². The number of carboxylic acids is 1. The molecule has 0 saturated carbocycles. The number of carbonyl (C=O) groups is 1. The molecule has 0 atom stereocenters. The van der Waals surface area contributed by atoms with Crippen molar-refractivity contribution < 1.29 is 23.1 Å². The SMILES string of the molecule is C/C=N\N(Nc1cc(Cl)ccc1OC)c1ccc(S(=O)(=O)N(C)C)cc1C(=O)O. The van der Waals surface area contributed by atoms with Crippen molar-refractivity contribution in [2.75, 3.05) is 31.7 Å². The van der Waals surface area contributed by atoms with Crippen LogP contribution in [-0.4, -0.2) is 51.2 Å². The predicted octanol–water partition coefficient (Wildman–Crippen LogP) is 3.14. The number of anilines is 2. The van der Waals surface area contributed by atoms with Crippen LogP contribution in [-0.2, 0) is 10.0 Å². The molecular formula is C18H21ClN4O5S. The van der Waals surface area contributed by atoms with Gasteiger partial charge < -0.3 is 9.84 Å². The number of nitrogens with zero attached hydrogens (tertiary/aromatic N) is 3. The summed E-state index contributed by atoms with van der Waals surface area (Å²) in [5.74, 6) is -0.860. The van der Waals surface area contributed by atoms with Crippen molar-refractivity contribution >= 4 is 45.2 Å². The molecule has 2 N–H and O–H groups in total. The van der Waals surface area contributed by atoms with Gasteiger partial charge in [0.05, 0.1) is 28.9 Å². The third-order valence-electron chi connectivity index (χ3n) is 3.82. The molecule has 0 aliphatic rings. The second kappa shape index (κ2) is 9.12. The third-order valence-corrected chi connectivity index (χ3v) is 5.87. The lowest BCUT2D eigenvalue weighted by atomic mass is 10.2. The quantitative estimate of drug-likeness (QED) is 0.479. The highest BCUT2D eigenvalue weighted by atomic mass is 35.5. The van der Waals surface area contributed by atoms with Crippen molar-refractivity contribution in [1.82, 2.24) is 4.31 Å². The van der Waals surface area contributed by atoms with Gasteiger partial charge in [0.1, 0.15) is 5.75 Å². The summed E-state index contributed by atoms with van der Waals surface area (Å²) in [6.07, 6.45) is 1.44. The van der Waals surface area contributed by atoms with Crippen molar-refractivity contribution in [3.8, 4) is 5.75 Å². The standard InChI is InChI=1S/C18H21ClN4O5S/c1-5-20-23(21-15-10-12(19)6-9-17(15)28-4)16-8-7-13(11-14(16)18(24)25)29(26,27)22(2)3/h5-11,21H,1-4H3,(H,24,25)/b20-5-. The molecule has 0 aliphatic carbocycles. The molecule has 0 aliphatic heterocycles. The zero-order valence-electron chi connectivity index (χ0n) is 16.2. The number of benzene rings is 2. The highest BCUT2D eigenvalue weighted by Gasteiger charge is 2.23. The van der Waals surface area contributed by atoms with Crippen LogP contribution in [0.25, 0.3) is 0 Å². The van der Waals surface area contributed by atoms with E-state index in [0.29, 0.717) is 16.5 Å². The first-order valence-electron chi connectivity index (χ1n) is 8.30. The number of hydrazone groups is 1. The molecule has 29 heavy (non-hydrogen) atoms. The van der Waals surface area contributed by atoms with Gasteiger partial charge >= 0.3 is 5.97 Å². The van der Waals surface area contributed by atoms with Gasteiger partial charge in [-0.15, -0.1) is 0 Å². The van der Waals surface area contributed by atoms with Gasteiger partial charge in [0.2, 0.25) is 10.0 Å². The number of sulfonamides is 1. The first-order valence-corrected chi connectivity index (χ1v) is 10.1. The van der Waals surface area contributed by atoms with E-state index in [1.54, 1.807) is 25.1 Å². The van der Waals surface area contributed by atoms with E-state index in [1.807, 2.05) is 0 Å². The lowest BCUT2D eigenvalue weighted by Gasteiger charge is -2.24. The Morgan fingerprint density at radius 3 is 2.48 bits per heavy atom. The topological polar surface area (TPSA) is 112 Å². The number of carboxylic acid groups (broad SMARTS) is 1. The maximum Gasteiger partial charge on any atom is 0.338 e. The number of aromatic carboxylic acids is 1. The number of methoxy groups -OCH3 is 1. The first-order chi connectivity index (χ1) is 13.6. The lowest BCUT2D eigenvalue weighted by Crippen LogP contribution is -2.27. The second-order valence-electron chi connectivity index (χ2n) is 5.91. The number of hydrogen-bond donors (Lipinski definition) is 2. The number of rotatable bonds is 8. The van der Waals surface area contributed by atoms with Crippen LogP contribution >= 0.6 is 11.6 Å². The van der Waals surface area contributed by atoms with Crippen molar-refractivity contribution in [2.24, 2.45) is 5.10 Å². The van der Waals surface area contributed by atoms with Crippen molar-refractivity contribution in [3.05, 3.63) is 47.0 Å². The van der Waals surface area contributed by atoms with Crippen LogP contribution < -0.4 is 15.3 Å². The van der Waals surface area contributed by atoms with Gasteiger partial charge in [-0.2, -0.15) is 10.2 Å². The Bertz CT molecular complexity index is 1040. The predicted molar refractivity (Wildman–Crippen MR) is 113 cm³/mol. The van der Waals surface area contributed by atoms with Crippen molar-refractivity contribution in [1.29, 1.82) is 0 Å². The van der Waals surface area contributed by atoms with E-state index in [4.69, 9.17) is 16.3 Å². The molecule has 0 unspecified atom stereocenters. The maximum absolute atomic E-state index is 12.4. The summed E-state index contributed by atoms with van der Waals surface area (Å²) in [6.45, 7) is 1.65. The van der Waals surface area contributed by atoms with Crippen LogP contribution in [0.4, 0.5) is 11.4 Å². The Morgan fingerprint density at radius 1 is 1.24 bits per heavy atom. The smallest absolute Gasteiger partial charge is 0.338 e. The summed E-state index contributed by atoms with van der Waals surface area (Å²) in [7, 11) is 0.401. The van der Waals surface area contributed by atoms with Gasteiger partial charge in [0.15, 0.2) is 0 Å². The fraction of sp³-hybridized carbons (Fsp3) is 0.222. The molecule has 0 amide bonds. The van der Waals surface area contributed by atoms with Gasteiger partial charge in [-0.05, 0) is 43.3 Å². The molecule has 9 nitrogen and oxygen atoms in total. The van der Waals surface area contributed by atoms with E-state index in [-0.39, 0.29) is 16.1 Å². The Balaban J connectivity index is 2.59. The minimum atomic E-state index is -3.81. The fourth-order valence-corrected chi connectivity index (χ4v) is 3.49. The minimum Gasteiger partial charge on any atom is -0.495 e. The van der Waals surface area contributed by atoms with E-state index >= 15 is 0 Å². The average Bonchev–Trinajstić information content (AvgIpc) is 2.67. The van der Waals surface area contributed by atoms with E-state index < -0.39 is 16.0 Å². The number of hydrazine groups is 1. The molecule has 0 spiro atoms. The van der Waals surface area contributed by atoms with Crippen LogP contribution in [0.1, 0.15) is 17.3 Å². The van der Waals surface area contributed by atoms with Crippen molar-refractivity contribution in [2.45, 2.75) is 11.8 Å². The molecular weight excluding hydrogens is 420 g/mol. The van der Waals surface area contributed by atoms with Gasteiger partial charge in [-0.1, -0.05) is 11.6 Å². The summed E-state index contributed by atoms with van der Waals surface area (Å²) < 4.78 is 31.0. The summed E-state index contributed by atoms with van der Waals surface area (Å²) in [4.78, 5) is 11.7. The summed E-state index contributed by atoms with van der Waals surface area (Å²) in [6, 6.07) is 8.63. The van der Waals surface area contributed by atoms with Crippen LogP contribution in [0.15, 0.2) is 46.4 Å². The monoisotopic (exact) mass is 440 g/mol. The molecule has 0 bridgehead atoms. The minimum absolute atomic E-state index is 0.121. The van der Waals surface area contributed by atoms with E-state index in [9.17, 15) is 18.3 Å². The van der Waals surface area contributed by atoms with Crippen LogP contribution in [0.5, 0.6) is 5.75 Å². The largest absolute Gasteiger partial charge is 0.495 e. The molecule has 2 aromatic carbocycles. The number of halogens is 1. The molecule has 156 valence electrons. The number of nitrogens with one attached hydrogen (secondary N) is 1. The van der Waals surface area contributed by atoms with E-state index in [0.717, 1.165) is 10.4 Å². The molecule has 0 aromatic heterocycles. The van der Waals surface area contributed by atoms with Crippen molar-refractivity contribution in [3.63, 3.8) is 0 Å². The zero-order chi connectivity index (χ0) is 21.8. The second-order valence-corrected chi connectivity index (χ2v) is 8.50. The van der Waals surface area contributed by atoms with Crippen LogP contribution in [0.3, 0.4) is 0 Å². The Kier molecular flexibility index (Phi) is 7.07.